The van der Waals surface area contributed by atoms with Crippen molar-refractivity contribution in [2.24, 2.45) is 5.92 Å². The highest BCUT2D eigenvalue weighted by molar-refractivity contribution is 7.92. The number of carbonyl (C=O) groups excluding carboxylic acids is 1. The number of carbonyl (C=O) groups is 1. The van der Waals surface area contributed by atoms with Crippen LogP contribution in [0.5, 0.6) is 0 Å². The van der Waals surface area contributed by atoms with E-state index in [4.69, 9.17) is 0 Å². The second kappa shape index (κ2) is 4.70. The Morgan fingerprint density at radius 2 is 1.94 bits per heavy atom. The van der Waals surface area contributed by atoms with Crippen LogP contribution in [0, 0.1) is 5.92 Å². The van der Waals surface area contributed by atoms with Crippen molar-refractivity contribution in [1.82, 2.24) is 5.32 Å². The minimum absolute atomic E-state index is 0.155. The molecule has 1 heterocycles. The topological polar surface area (TPSA) is 83.5 Å². The number of hydrogen-bond donors (Lipinski definition) is 2. The fourth-order valence-electron chi connectivity index (χ4n) is 2.04. The second-order valence-electron chi connectivity index (χ2n) is 4.48. The molecule has 98 valence electrons. The van der Waals surface area contributed by atoms with Crippen molar-refractivity contribution >= 4 is 15.7 Å². The third-order valence-corrected chi connectivity index (χ3v) is 5.03. The van der Waals surface area contributed by atoms with E-state index in [1.165, 1.54) is 19.1 Å². The first-order valence-corrected chi connectivity index (χ1v) is 7.25. The molecule has 0 aromatic heterocycles. The van der Waals surface area contributed by atoms with Crippen molar-refractivity contribution < 1.29 is 18.3 Å². The number of hydrogen-bond acceptors (Lipinski definition) is 4. The molecule has 0 radical (unpaired) electrons. The number of aliphatic hydroxyl groups is 1. The lowest BCUT2D eigenvalue weighted by atomic mass is 9.95. The predicted octanol–water partition coefficient (Wildman–Crippen LogP) is 0.303. The molecule has 18 heavy (non-hydrogen) atoms. The van der Waals surface area contributed by atoms with E-state index in [0.29, 0.717) is 0 Å². The van der Waals surface area contributed by atoms with Crippen LogP contribution < -0.4 is 5.32 Å². The summed E-state index contributed by atoms with van der Waals surface area (Å²) in [6.07, 6.45) is -0.544. The zero-order valence-electron chi connectivity index (χ0n) is 9.91. The van der Waals surface area contributed by atoms with Crippen LogP contribution in [0.1, 0.15) is 13.3 Å². The molecule has 0 saturated carbocycles. The van der Waals surface area contributed by atoms with Gasteiger partial charge in [-0.2, -0.15) is 0 Å². The Kier molecular flexibility index (Phi) is 3.41. The van der Waals surface area contributed by atoms with Crippen molar-refractivity contribution in [2.45, 2.75) is 29.7 Å². The first-order chi connectivity index (χ1) is 8.43. The van der Waals surface area contributed by atoms with Gasteiger partial charge in [0, 0.05) is 0 Å². The number of β-lactam (4-membered cyclic amide) rings is 1. The van der Waals surface area contributed by atoms with Crippen LogP contribution in [0.4, 0.5) is 0 Å². The van der Waals surface area contributed by atoms with Gasteiger partial charge in [-0.15, -0.1) is 0 Å². The smallest absolute Gasteiger partial charge is 0.227 e. The summed E-state index contributed by atoms with van der Waals surface area (Å²) in [5.74, 6) is -0.990. The van der Waals surface area contributed by atoms with Gasteiger partial charge in [-0.1, -0.05) is 18.2 Å². The summed E-state index contributed by atoms with van der Waals surface area (Å²) in [7, 11) is -3.57. The van der Waals surface area contributed by atoms with E-state index in [0.717, 1.165) is 0 Å². The molecule has 5 nitrogen and oxygen atoms in total. The third kappa shape index (κ3) is 2.26. The largest absolute Gasteiger partial charge is 0.393 e. The second-order valence-corrected chi connectivity index (χ2v) is 6.55. The highest BCUT2D eigenvalue weighted by Crippen LogP contribution is 2.29. The number of nitrogens with one attached hydrogen (secondary N) is 1. The maximum Gasteiger partial charge on any atom is 0.227 e. The number of amides is 1. The number of rotatable bonds is 4. The van der Waals surface area contributed by atoms with E-state index >= 15 is 0 Å². The van der Waals surface area contributed by atoms with Gasteiger partial charge in [-0.3, -0.25) is 4.79 Å². The van der Waals surface area contributed by atoms with Crippen molar-refractivity contribution in [2.75, 3.05) is 0 Å². The van der Waals surface area contributed by atoms with E-state index in [-0.39, 0.29) is 17.2 Å². The maximum atomic E-state index is 12.3. The quantitative estimate of drug-likeness (QED) is 0.770. The Labute approximate surface area is 106 Å². The van der Waals surface area contributed by atoms with E-state index in [1.54, 1.807) is 18.2 Å². The molecule has 3 unspecified atom stereocenters. The lowest BCUT2D eigenvalue weighted by Gasteiger charge is -2.36. The molecule has 1 aliphatic heterocycles. The van der Waals surface area contributed by atoms with Gasteiger partial charge in [-0.05, 0) is 25.5 Å². The minimum atomic E-state index is -3.57. The van der Waals surface area contributed by atoms with Crippen LogP contribution in [0.2, 0.25) is 0 Å². The van der Waals surface area contributed by atoms with Crippen molar-refractivity contribution in [3.63, 3.8) is 0 Å². The van der Waals surface area contributed by atoms with Gasteiger partial charge in [0.15, 0.2) is 9.84 Å². The van der Waals surface area contributed by atoms with Gasteiger partial charge in [0.1, 0.15) is 5.37 Å². The number of benzene rings is 1. The summed E-state index contributed by atoms with van der Waals surface area (Å²) in [5.41, 5.74) is 0. The highest BCUT2D eigenvalue weighted by atomic mass is 32.2. The molecule has 6 heteroatoms. The Morgan fingerprint density at radius 1 is 1.33 bits per heavy atom. The average molecular weight is 269 g/mol. The van der Waals surface area contributed by atoms with E-state index in [1.807, 2.05) is 0 Å². The molecule has 1 aromatic rings. The molecule has 1 fully saturated rings. The first kappa shape index (κ1) is 13.0. The Balaban J connectivity index is 2.24. The molecule has 0 aliphatic carbocycles. The van der Waals surface area contributed by atoms with Crippen molar-refractivity contribution in [3.05, 3.63) is 30.3 Å². The fourth-order valence-corrected chi connectivity index (χ4v) is 3.81. The van der Waals surface area contributed by atoms with Crippen molar-refractivity contribution in [1.29, 1.82) is 0 Å². The maximum absolute atomic E-state index is 12.3. The SMILES string of the molecule is CC(O)CC1C(=O)NC1S(=O)(=O)c1ccccc1. The van der Waals surface area contributed by atoms with Crippen LogP contribution in [0.25, 0.3) is 0 Å². The van der Waals surface area contributed by atoms with Gasteiger partial charge in [0.2, 0.25) is 5.91 Å². The van der Waals surface area contributed by atoms with Crippen molar-refractivity contribution in [3.8, 4) is 0 Å². The number of sulfone groups is 1. The first-order valence-electron chi connectivity index (χ1n) is 5.70. The molecule has 2 rings (SSSR count). The molecule has 1 saturated heterocycles. The standard InChI is InChI=1S/C12H15NO4S/c1-8(14)7-10-11(15)13-12(10)18(16,17)9-5-3-2-4-6-9/h2-6,8,10,12,14H,7H2,1H3,(H,13,15). The Hall–Kier alpha value is -1.40. The summed E-state index contributed by atoms with van der Waals surface area (Å²) in [4.78, 5) is 11.6. The van der Waals surface area contributed by atoms with E-state index < -0.39 is 27.2 Å². The van der Waals surface area contributed by atoms with Crippen LogP contribution in [-0.4, -0.2) is 30.9 Å². The molecule has 0 spiro atoms. The Bertz CT molecular complexity index is 538. The average Bonchev–Trinajstić information content (AvgIpc) is 2.34. The van der Waals surface area contributed by atoms with Gasteiger partial charge >= 0.3 is 0 Å². The van der Waals surface area contributed by atoms with E-state index in [9.17, 15) is 18.3 Å². The van der Waals surface area contributed by atoms with E-state index in [2.05, 4.69) is 5.32 Å². The van der Waals surface area contributed by atoms with Gasteiger partial charge in [0.25, 0.3) is 0 Å². The monoisotopic (exact) mass is 269 g/mol. The molecule has 1 aliphatic rings. The fraction of sp³-hybridized carbons (Fsp3) is 0.417. The predicted molar refractivity (Wildman–Crippen MR) is 65.3 cm³/mol. The zero-order chi connectivity index (χ0) is 13.3. The summed E-state index contributed by atoms with van der Waals surface area (Å²) < 4.78 is 24.5. The summed E-state index contributed by atoms with van der Waals surface area (Å²) in [5, 5.41) is 10.8. The molecule has 1 amide bonds. The molecule has 1 aromatic carbocycles. The van der Waals surface area contributed by atoms with Crippen LogP contribution in [0.15, 0.2) is 35.2 Å². The Morgan fingerprint density at radius 3 is 2.44 bits per heavy atom. The molecular weight excluding hydrogens is 254 g/mol. The van der Waals surface area contributed by atoms with Crippen LogP contribution >= 0.6 is 0 Å². The zero-order valence-corrected chi connectivity index (χ0v) is 10.7. The molecular formula is C12H15NO4S. The lowest BCUT2D eigenvalue weighted by molar-refractivity contribution is -0.133. The van der Waals surface area contributed by atoms with Gasteiger partial charge in [0.05, 0.1) is 16.9 Å². The van der Waals surface area contributed by atoms with Gasteiger partial charge in [-0.25, -0.2) is 8.42 Å². The molecule has 2 N–H and O–H groups in total. The summed E-state index contributed by atoms with van der Waals surface area (Å²) in [6, 6.07) is 8.00. The van der Waals surface area contributed by atoms with Crippen LogP contribution in [0.3, 0.4) is 0 Å². The van der Waals surface area contributed by atoms with Crippen LogP contribution in [-0.2, 0) is 14.6 Å². The number of aliphatic hydroxyl groups excluding tert-OH is 1. The third-order valence-electron chi connectivity index (χ3n) is 2.99. The van der Waals surface area contributed by atoms with Gasteiger partial charge < -0.3 is 10.4 Å². The highest BCUT2D eigenvalue weighted by Gasteiger charge is 2.48. The lowest BCUT2D eigenvalue weighted by Crippen LogP contribution is -2.62. The minimum Gasteiger partial charge on any atom is -0.393 e. The summed E-state index contributed by atoms with van der Waals surface area (Å²) in [6.45, 7) is 1.54. The summed E-state index contributed by atoms with van der Waals surface area (Å²) >= 11 is 0. The molecule has 0 bridgehead atoms. The normalized spacial score (nSPS) is 25.1. The molecule has 3 atom stereocenters.